The molecule has 0 radical (unpaired) electrons. The summed E-state index contributed by atoms with van der Waals surface area (Å²) >= 11 is 9.26. The molecule has 0 aliphatic heterocycles. The molecule has 94 valence electrons. The van der Waals surface area contributed by atoms with Crippen LogP contribution in [0.1, 0.15) is 25.7 Å². The Balaban J connectivity index is 2.20. The van der Waals surface area contributed by atoms with Gasteiger partial charge >= 0.3 is 5.97 Å². The van der Waals surface area contributed by atoms with Gasteiger partial charge in [-0.05, 0) is 47.0 Å². The molecule has 1 aromatic carbocycles. The number of nitrogens with one attached hydrogen (secondary N) is 1. The van der Waals surface area contributed by atoms with Crippen LogP contribution in [0.4, 0.5) is 5.69 Å². The smallest absolute Gasteiger partial charge is 0.303 e. The van der Waals surface area contributed by atoms with Crippen molar-refractivity contribution in [2.24, 2.45) is 0 Å². The number of carboxylic acids is 1. The molecule has 0 bridgehead atoms. The van der Waals surface area contributed by atoms with E-state index in [1.54, 1.807) is 0 Å². The molecule has 1 aromatic rings. The maximum atomic E-state index is 10.3. The van der Waals surface area contributed by atoms with E-state index < -0.39 is 5.97 Å². The maximum absolute atomic E-state index is 10.3. The van der Waals surface area contributed by atoms with Gasteiger partial charge in [0, 0.05) is 28.1 Å². The van der Waals surface area contributed by atoms with Gasteiger partial charge < -0.3 is 10.4 Å². The highest BCUT2D eigenvalue weighted by Crippen LogP contribution is 2.25. The molecular formula is C12H15BrClNO2. The molecule has 1 rings (SSSR count). The molecule has 17 heavy (non-hydrogen) atoms. The molecule has 0 saturated carbocycles. The number of benzene rings is 1. The van der Waals surface area contributed by atoms with E-state index in [1.165, 1.54) is 0 Å². The van der Waals surface area contributed by atoms with Gasteiger partial charge in [-0.15, -0.1) is 0 Å². The minimum Gasteiger partial charge on any atom is -0.481 e. The molecule has 0 heterocycles. The van der Waals surface area contributed by atoms with Crippen LogP contribution in [-0.4, -0.2) is 17.6 Å². The van der Waals surface area contributed by atoms with Crippen LogP contribution >= 0.6 is 27.5 Å². The number of anilines is 1. The molecule has 0 aromatic heterocycles. The summed E-state index contributed by atoms with van der Waals surface area (Å²) in [6.45, 7) is 0.833. The zero-order valence-electron chi connectivity index (χ0n) is 9.38. The Bertz CT molecular complexity index is 385. The lowest BCUT2D eigenvalue weighted by Gasteiger charge is -2.08. The molecule has 0 aliphatic carbocycles. The summed E-state index contributed by atoms with van der Waals surface area (Å²) in [6.07, 6.45) is 2.87. The van der Waals surface area contributed by atoms with Crippen LogP contribution in [-0.2, 0) is 4.79 Å². The van der Waals surface area contributed by atoms with Crippen molar-refractivity contribution < 1.29 is 9.90 Å². The predicted molar refractivity (Wildman–Crippen MR) is 73.7 cm³/mol. The van der Waals surface area contributed by atoms with Gasteiger partial charge in [0.2, 0.25) is 0 Å². The fourth-order valence-electron chi connectivity index (χ4n) is 1.43. The molecule has 3 nitrogen and oxygen atoms in total. The molecule has 0 aliphatic rings. The first kappa shape index (κ1) is 14.3. The lowest BCUT2D eigenvalue weighted by molar-refractivity contribution is -0.137. The van der Waals surface area contributed by atoms with E-state index in [0.717, 1.165) is 36.0 Å². The molecule has 0 saturated heterocycles. The predicted octanol–water partition coefficient (Wildman–Crippen LogP) is 4.16. The number of carbonyl (C=O) groups is 1. The first-order valence-corrected chi connectivity index (χ1v) is 6.67. The third-order valence-electron chi connectivity index (χ3n) is 2.31. The zero-order chi connectivity index (χ0) is 12.7. The van der Waals surface area contributed by atoms with E-state index in [0.29, 0.717) is 5.02 Å². The van der Waals surface area contributed by atoms with Gasteiger partial charge in [0.25, 0.3) is 0 Å². The Morgan fingerprint density at radius 1 is 1.35 bits per heavy atom. The standard InChI is InChI=1S/C12H15BrClNO2/c13-10-8-9(14)5-6-11(10)15-7-3-1-2-4-12(16)17/h5-6,8,15H,1-4,7H2,(H,16,17). The second kappa shape index (κ2) is 7.56. The number of hydrogen-bond acceptors (Lipinski definition) is 2. The quantitative estimate of drug-likeness (QED) is 0.742. The number of unbranched alkanes of at least 4 members (excludes halogenated alkanes) is 2. The molecular weight excluding hydrogens is 305 g/mol. The summed E-state index contributed by atoms with van der Waals surface area (Å²) in [7, 11) is 0. The van der Waals surface area contributed by atoms with Gasteiger partial charge in [-0.2, -0.15) is 0 Å². The monoisotopic (exact) mass is 319 g/mol. The van der Waals surface area contributed by atoms with E-state index >= 15 is 0 Å². The second-order valence-corrected chi connectivity index (χ2v) is 5.05. The van der Waals surface area contributed by atoms with Crippen molar-refractivity contribution >= 4 is 39.2 Å². The maximum Gasteiger partial charge on any atom is 0.303 e. The van der Waals surface area contributed by atoms with Crippen LogP contribution in [0.15, 0.2) is 22.7 Å². The number of rotatable bonds is 7. The Morgan fingerprint density at radius 2 is 2.12 bits per heavy atom. The first-order chi connectivity index (χ1) is 8.09. The molecule has 2 N–H and O–H groups in total. The Labute approximate surface area is 114 Å². The number of hydrogen-bond donors (Lipinski definition) is 2. The van der Waals surface area contributed by atoms with Crippen molar-refractivity contribution in [2.45, 2.75) is 25.7 Å². The fourth-order valence-corrected chi connectivity index (χ4v) is 2.26. The Morgan fingerprint density at radius 3 is 2.76 bits per heavy atom. The topological polar surface area (TPSA) is 49.3 Å². The van der Waals surface area contributed by atoms with Crippen molar-refractivity contribution in [1.82, 2.24) is 0 Å². The third kappa shape index (κ3) is 5.94. The largest absolute Gasteiger partial charge is 0.481 e. The van der Waals surface area contributed by atoms with Crippen molar-refractivity contribution in [3.05, 3.63) is 27.7 Å². The van der Waals surface area contributed by atoms with Gasteiger partial charge in [-0.1, -0.05) is 18.0 Å². The summed E-state index contributed by atoms with van der Waals surface area (Å²) < 4.78 is 0.940. The van der Waals surface area contributed by atoms with Crippen molar-refractivity contribution in [3.63, 3.8) is 0 Å². The summed E-state index contributed by atoms with van der Waals surface area (Å²) in [5.74, 6) is -0.724. The SMILES string of the molecule is O=C(O)CCCCCNc1ccc(Cl)cc1Br. The highest BCUT2D eigenvalue weighted by Gasteiger charge is 2.00. The number of halogens is 2. The van der Waals surface area contributed by atoms with Crippen LogP contribution in [0.2, 0.25) is 5.02 Å². The Kier molecular flexibility index (Phi) is 6.37. The van der Waals surface area contributed by atoms with Crippen LogP contribution in [0.3, 0.4) is 0 Å². The van der Waals surface area contributed by atoms with E-state index in [-0.39, 0.29) is 6.42 Å². The van der Waals surface area contributed by atoms with Gasteiger partial charge in [-0.25, -0.2) is 0 Å². The highest BCUT2D eigenvalue weighted by molar-refractivity contribution is 9.10. The molecule has 0 fully saturated rings. The second-order valence-electron chi connectivity index (χ2n) is 3.76. The average molecular weight is 321 g/mol. The highest BCUT2D eigenvalue weighted by atomic mass is 79.9. The Hall–Kier alpha value is -0.740. The molecule has 5 heteroatoms. The van der Waals surface area contributed by atoms with Crippen LogP contribution in [0, 0.1) is 0 Å². The van der Waals surface area contributed by atoms with Gasteiger partial charge in [-0.3, -0.25) is 4.79 Å². The summed E-state index contributed by atoms with van der Waals surface area (Å²) in [4.78, 5) is 10.3. The minimum atomic E-state index is -0.724. The molecule has 0 atom stereocenters. The van der Waals surface area contributed by atoms with Gasteiger partial charge in [0.15, 0.2) is 0 Å². The van der Waals surface area contributed by atoms with E-state index in [1.807, 2.05) is 18.2 Å². The van der Waals surface area contributed by atoms with Crippen LogP contribution in [0.25, 0.3) is 0 Å². The fraction of sp³-hybridized carbons (Fsp3) is 0.417. The van der Waals surface area contributed by atoms with E-state index in [4.69, 9.17) is 16.7 Å². The normalized spacial score (nSPS) is 10.2. The molecule has 0 spiro atoms. The van der Waals surface area contributed by atoms with Gasteiger partial charge in [0.1, 0.15) is 0 Å². The summed E-state index contributed by atoms with van der Waals surface area (Å²) in [5, 5.41) is 12.4. The molecule has 0 unspecified atom stereocenters. The van der Waals surface area contributed by atoms with E-state index in [2.05, 4.69) is 21.2 Å². The van der Waals surface area contributed by atoms with Gasteiger partial charge in [0.05, 0.1) is 0 Å². The number of carboxylic acid groups (broad SMARTS) is 1. The average Bonchev–Trinajstić information content (AvgIpc) is 2.25. The third-order valence-corrected chi connectivity index (χ3v) is 3.21. The first-order valence-electron chi connectivity index (χ1n) is 5.50. The van der Waals surface area contributed by atoms with Crippen molar-refractivity contribution in [2.75, 3.05) is 11.9 Å². The minimum absolute atomic E-state index is 0.255. The lowest BCUT2D eigenvalue weighted by Crippen LogP contribution is -2.02. The lowest BCUT2D eigenvalue weighted by atomic mass is 10.2. The summed E-state index contributed by atoms with van der Waals surface area (Å²) in [6, 6.07) is 5.59. The van der Waals surface area contributed by atoms with Crippen LogP contribution < -0.4 is 5.32 Å². The van der Waals surface area contributed by atoms with Crippen molar-refractivity contribution in [1.29, 1.82) is 0 Å². The van der Waals surface area contributed by atoms with Crippen LogP contribution in [0.5, 0.6) is 0 Å². The zero-order valence-corrected chi connectivity index (χ0v) is 11.7. The van der Waals surface area contributed by atoms with E-state index in [9.17, 15) is 4.79 Å². The molecule has 0 amide bonds. The summed E-state index contributed by atoms with van der Waals surface area (Å²) in [5.41, 5.74) is 1.01. The van der Waals surface area contributed by atoms with Crippen molar-refractivity contribution in [3.8, 4) is 0 Å². The number of aliphatic carboxylic acids is 1.